The minimum Gasteiger partial charge on any atom is -0.355 e. The Morgan fingerprint density at radius 3 is 2.70 bits per heavy atom. The summed E-state index contributed by atoms with van der Waals surface area (Å²) in [6.45, 7) is 3.61. The molecular formula is C21H28ClN3O2. The normalized spacial score (nSPS) is 28.9. The van der Waals surface area contributed by atoms with Gasteiger partial charge in [0.05, 0.1) is 5.92 Å². The maximum atomic E-state index is 12.7. The molecule has 3 saturated heterocycles. The van der Waals surface area contributed by atoms with Crippen molar-refractivity contribution in [3.05, 3.63) is 29.3 Å². The monoisotopic (exact) mass is 389 g/mol. The van der Waals surface area contributed by atoms with Crippen molar-refractivity contribution in [1.29, 1.82) is 0 Å². The van der Waals surface area contributed by atoms with E-state index >= 15 is 0 Å². The lowest BCUT2D eigenvalue weighted by atomic mass is 9.83. The first-order valence-electron chi connectivity index (χ1n) is 10.2. The van der Waals surface area contributed by atoms with Crippen LogP contribution in [0.3, 0.4) is 0 Å². The summed E-state index contributed by atoms with van der Waals surface area (Å²) in [7, 11) is 0. The van der Waals surface area contributed by atoms with Gasteiger partial charge in [0.1, 0.15) is 0 Å². The van der Waals surface area contributed by atoms with Crippen LogP contribution >= 0.6 is 11.6 Å². The number of anilines is 1. The molecule has 146 valence electrons. The first-order valence-corrected chi connectivity index (χ1v) is 10.6. The molecule has 0 saturated carbocycles. The van der Waals surface area contributed by atoms with E-state index < -0.39 is 0 Å². The van der Waals surface area contributed by atoms with Crippen LogP contribution < -0.4 is 10.2 Å². The third-order valence-electron chi connectivity index (χ3n) is 6.40. The van der Waals surface area contributed by atoms with Gasteiger partial charge in [0.2, 0.25) is 11.8 Å². The molecule has 27 heavy (non-hydrogen) atoms. The van der Waals surface area contributed by atoms with Crippen molar-refractivity contribution in [3.8, 4) is 0 Å². The fourth-order valence-electron chi connectivity index (χ4n) is 4.95. The van der Waals surface area contributed by atoms with Gasteiger partial charge >= 0.3 is 0 Å². The number of nitrogens with zero attached hydrogens (tertiary/aromatic N) is 2. The Bertz CT molecular complexity index is 691. The molecule has 1 unspecified atom stereocenters. The quantitative estimate of drug-likeness (QED) is 0.861. The van der Waals surface area contributed by atoms with E-state index in [9.17, 15) is 9.59 Å². The van der Waals surface area contributed by atoms with Crippen molar-refractivity contribution < 1.29 is 9.59 Å². The molecule has 3 heterocycles. The zero-order valence-electron chi connectivity index (χ0n) is 15.7. The molecule has 1 aromatic rings. The Morgan fingerprint density at radius 1 is 1.11 bits per heavy atom. The number of carbonyl (C=O) groups excluding carboxylic acids is 2. The van der Waals surface area contributed by atoms with Gasteiger partial charge in [0.15, 0.2) is 0 Å². The maximum absolute atomic E-state index is 12.7. The van der Waals surface area contributed by atoms with Gasteiger partial charge in [0.25, 0.3) is 0 Å². The summed E-state index contributed by atoms with van der Waals surface area (Å²) in [6.07, 6.45) is 6.58. The van der Waals surface area contributed by atoms with Crippen LogP contribution in [0.2, 0.25) is 5.02 Å². The zero-order chi connectivity index (χ0) is 18.8. The van der Waals surface area contributed by atoms with Crippen LogP contribution in [-0.2, 0) is 9.59 Å². The summed E-state index contributed by atoms with van der Waals surface area (Å²) < 4.78 is 0. The van der Waals surface area contributed by atoms with E-state index in [-0.39, 0.29) is 24.2 Å². The molecule has 3 atom stereocenters. The highest BCUT2D eigenvalue weighted by Gasteiger charge is 2.37. The molecule has 0 radical (unpaired) electrons. The van der Waals surface area contributed by atoms with Crippen LogP contribution in [0, 0.1) is 11.8 Å². The summed E-state index contributed by atoms with van der Waals surface area (Å²) in [5, 5.41) is 3.81. The smallest absolute Gasteiger partial charge is 0.227 e. The predicted octanol–water partition coefficient (Wildman–Crippen LogP) is 3.07. The number of rotatable bonds is 4. The van der Waals surface area contributed by atoms with Gasteiger partial charge in [-0.25, -0.2) is 0 Å². The number of benzene rings is 1. The van der Waals surface area contributed by atoms with Crippen LogP contribution in [0.1, 0.15) is 38.5 Å². The fraction of sp³-hybridized carbons (Fsp3) is 0.619. The number of fused-ring (bicyclic) bond motifs is 1. The molecule has 6 heteroatoms. The summed E-state index contributed by atoms with van der Waals surface area (Å²) in [4.78, 5) is 29.4. The molecule has 0 spiro atoms. The van der Waals surface area contributed by atoms with Crippen molar-refractivity contribution in [3.63, 3.8) is 0 Å². The van der Waals surface area contributed by atoms with Gasteiger partial charge in [-0.15, -0.1) is 0 Å². The second-order valence-corrected chi connectivity index (χ2v) is 8.56. The van der Waals surface area contributed by atoms with Crippen molar-refractivity contribution >= 4 is 29.1 Å². The van der Waals surface area contributed by atoms with E-state index in [4.69, 9.17) is 11.6 Å². The van der Waals surface area contributed by atoms with Crippen molar-refractivity contribution in [2.75, 3.05) is 31.1 Å². The summed E-state index contributed by atoms with van der Waals surface area (Å²) in [6, 6.07) is 7.84. The molecular weight excluding hydrogens is 362 g/mol. The SMILES string of the molecule is O=C(NC[C@@H]1CCCN2CCCC[C@H]12)C1CC(=O)N(c2ccc(Cl)cc2)C1. The van der Waals surface area contributed by atoms with Gasteiger partial charge in [-0.05, 0) is 69.0 Å². The van der Waals surface area contributed by atoms with Crippen molar-refractivity contribution in [2.45, 2.75) is 44.6 Å². The minimum atomic E-state index is -0.265. The molecule has 4 rings (SSSR count). The Hall–Kier alpha value is -1.59. The number of carbonyl (C=O) groups is 2. The Kier molecular flexibility index (Phi) is 5.69. The fourth-order valence-corrected chi connectivity index (χ4v) is 5.07. The van der Waals surface area contributed by atoms with Gasteiger partial charge in [-0.2, -0.15) is 0 Å². The van der Waals surface area contributed by atoms with Gasteiger partial charge in [-0.3, -0.25) is 9.59 Å². The van der Waals surface area contributed by atoms with E-state index in [0.29, 0.717) is 23.5 Å². The topological polar surface area (TPSA) is 52.7 Å². The lowest BCUT2D eigenvalue weighted by Gasteiger charge is -2.44. The van der Waals surface area contributed by atoms with Gasteiger partial charge < -0.3 is 15.1 Å². The molecule has 3 aliphatic rings. The summed E-state index contributed by atoms with van der Waals surface area (Å²) in [5.41, 5.74) is 0.810. The first-order chi connectivity index (χ1) is 13.1. The average molecular weight is 390 g/mol. The molecule has 3 fully saturated rings. The van der Waals surface area contributed by atoms with E-state index in [1.165, 1.54) is 45.2 Å². The lowest BCUT2D eigenvalue weighted by Crippen LogP contribution is -2.51. The molecule has 3 aliphatic heterocycles. The Labute approximate surface area is 166 Å². The van der Waals surface area contributed by atoms with E-state index in [1.54, 1.807) is 17.0 Å². The predicted molar refractivity (Wildman–Crippen MR) is 107 cm³/mol. The molecule has 1 aromatic carbocycles. The Balaban J connectivity index is 1.32. The van der Waals surface area contributed by atoms with Gasteiger partial charge in [0, 0.05) is 36.3 Å². The summed E-state index contributed by atoms with van der Waals surface area (Å²) >= 11 is 5.93. The van der Waals surface area contributed by atoms with Crippen LogP contribution in [-0.4, -0.2) is 48.9 Å². The zero-order valence-corrected chi connectivity index (χ0v) is 16.5. The van der Waals surface area contributed by atoms with E-state index in [0.717, 1.165) is 12.2 Å². The molecule has 0 bridgehead atoms. The number of piperidine rings is 2. The van der Waals surface area contributed by atoms with Crippen LogP contribution in [0.4, 0.5) is 5.69 Å². The standard InChI is InChI=1S/C21H28ClN3O2/c22-17-6-8-18(9-7-17)25-14-16(12-20(25)26)21(27)23-13-15-4-3-11-24-10-2-1-5-19(15)24/h6-9,15-16,19H,1-5,10-14H2,(H,23,27)/t15-,16?,19+/m0/s1. The van der Waals surface area contributed by atoms with Crippen LogP contribution in [0.15, 0.2) is 24.3 Å². The molecule has 1 N–H and O–H groups in total. The number of amides is 2. The van der Waals surface area contributed by atoms with Crippen molar-refractivity contribution in [2.24, 2.45) is 11.8 Å². The maximum Gasteiger partial charge on any atom is 0.227 e. The lowest BCUT2D eigenvalue weighted by molar-refractivity contribution is -0.126. The molecule has 2 amide bonds. The number of nitrogens with one attached hydrogen (secondary N) is 1. The average Bonchev–Trinajstić information content (AvgIpc) is 3.08. The van der Waals surface area contributed by atoms with Crippen LogP contribution in [0.25, 0.3) is 0 Å². The Morgan fingerprint density at radius 2 is 1.89 bits per heavy atom. The van der Waals surface area contributed by atoms with Gasteiger partial charge in [-0.1, -0.05) is 18.0 Å². The van der Waals surface area contributed by atoms with E-state index in [2.05, 4.69) is 10.2 Å². The molecule has 0 aromatic heterocycles. The van der Waals surface area contributed by atoms with Crippen LogP contribution in [0.5, 0.6) is 0 Å². The number of hydrogen-bond donors (Lipinski definition) is 1. The van der Waals surface area contributed by atoms with Crippen molar-refractivity contribution in [1.82, 2.24) is 10.2 Å². The highest BCUT2D eigenvalue weighted by molar-refractivity contribution is 6.30. The first kappa shape index (κ1) is 18.8. The third kappa shape index (κ3) is 4.14. The number of hydrogen-bond acceptors (Lipinski definition) is 3. The minimum absolute atomic E-state index is 0.00796. The van der Waals surface area contributed by atoms with E-state index in [1.807, 2.05) is 12.1 Å². The highest BCUT2D eigenvalue weighted by atomic mass is 35.5. The third-order valence-corrected chi connectivity index (χ3v) is 6.65. The largest absolute Gasteiger partial charge is 0.355 e. The highest BCUT2D eigenvalue weighted by Crippen LogP contribution is 2.31. The number of halogens is 1. The summed E-state index contributed by atoms with van der Waals surface area (Å²) in [5.74, 6) is 0.313. The molecule has 5 nitrogen and oxygen atoms in total. The second kappa shape index (κ2) is 8.19. The molecule has 0 aliphatic carbocycles. The second-order valence-electron chi connectivity index (χ2n) is 8.13.